The van der Waals surface area contributed by atoms with E-state index in [1.165, 1.54) is 38.4 Å². The van der Waals surface area contributed by atoms with Gasteiger partial charge in [-0.25, -0.2) is 14.2 Å². The van der Waals surface area contributed by atoms with E-state index in [-0.39, 0.29) is 33.9 Å². The average Bonchev–Trinajstić information content (AvgIpc) is 2.85. The van der Waals surface area contributed by atoms with Gasteiger partial charge in [0.25, 0.3) is 0 Å². The second-order valence-electron chi connectivity index (χ2n) is 8.51. The summed E-state index contributed by atoms with van der Waals surface area (Å²) in [5.74, 6) is -1.44. The summed E-state index contributed by atoms with van der Waals surface area (Å²) in [6, 6.07) is 14.9. The number of methoxy groups -OCH3 is 1. The molecule has 0 saturated heterocycles. The van der Waals surface area contributed by atoms with Gasteiger partial charge in [0.2, 0.25) is 5.75 Å². The van der Waals surface area contributed by atoms with Crippen molar-refractivity contribution < 1.29 is 28.2 Å². The monoisotopic (exact) mass is 524 g/mol. The number of aromatic nitrogens is 1. The van der Waals surface area contributed by atoms with E-state index in [4.69, 9.17) is 26.4 Å². The van der Waals surface area contributed by atoms with Crippen LogP contribution in [0.3, 0.4) is 0 Å². The first-order valence-corrected chi connectivity index (χ1v) is 12.1. The molecule has 0 radical (unpaired) electrons. The number of carbonyl (C=O) groups is 2. The minimum absolute atomic E-state index is 0.0554. The molecule has 1 aromatic heterocycles. The summed E-state index contributed by atoms with van der Waals surface area (Å²) in [6.07, 6.45) is 0.874. The van der Waals surface area contributed by atoms with Crippen LogP contribution < -0.4 is 14.8 Å². The number of hydrogen-bond acceptors (Lipinski definition) is 7. The van der Waals surface area contributed by atoms with Gasteiger partial charge in [-0.2, -0.15) is 0 Å². The number of pyridine rings is 1. The first kappa shape index (κ1) is 27.7. The molecule has 0 bridgehead atoms. The summed E-state index contributed by atoms with van der Waals surface area (Å²) in [5.41, 5.74) is 2.70. The van der Waals surface area contributed by atoms with Crippen LogP contribution in [0.2, 0.25) is 0 Å². The maximum Gasteiger partial charge on any atom is 0.328 e. The predicted molar refractivity (Wildman–Crippen MR) is 141 cm³/mol. The molecule has 0 fully saturated rings. The fraction of sp³-hybridized carbons (Fsp3) is 0.286. The van der Waals surface area contributed by atoms with Gasteiger partial charge in [-0.1, -0.05) is 48.6 Å². The molecule has 0 spiro atoms. The average molecular weight is 525 g/mol. The number of ether oxygens (including phenoxy) is 3. The molecule has 0 saturated carbocycles. The largest absolute Gasteiger partial charge is 0.493 e. The lowest BCUT2D eigenvalue weighted by molar-refractivity contribution is -0.150. The summed E-state index contributed by atoms with van der Waals surface area (Å²) >= 11 is 5.45. The summed E-state index contributed by atoms with van der Waals surface area (Å²) < 4.78 is 30.1. The highest BCUT2D eigenvalue weighted by Gasteiger charge is 2.29. The smallest absolute Gasteiger partial charge is 0.328 e. The van der Waals surface area contributed by atoms with Crippen LogP contribution in [0, 0.1) is 12.7 Å². The van der Waals surface area contributed by atoms with E-state index in [0.29, 0.717) is 0 Å². The van der Waals surface area contributed by atoms with Crippen molar-refractivity contribution in [3.63, 3.8) is 0 Å². The van der Waals surface area contributed by atoms with E-state index < -0.39 is 24.1 Å². The van der Waals surface area contributed by atoms with Gasteiger partial charge in [0, 0.05) is 25.1 Å². The second-order valence-corrected chi connectivity index (χ2v) is 8.92. The van der Waals surface area contributed by atoms with Crippen LogP contribution in [-0.2, 0) is 14.3 Å². The molecule has 0 aliphatic carbocycles. The Kier molecular flexibility index (Phi) is 9.30. The number of rotatable bonds is 9. The summed E-state index contributed by atoms with van der Waals surface area (Å²) in [5, 5.41) is 2.90. The van der Waals surface area contributed by atoms with Crippen LogP contribution in [0.5, 0.6) is 11.5 Å². The van der Waals surface area contributed by atoms with E-state index in [1.54, 1.807) is 19.9 Å². The molecule has 7 nitrogen and oxygen atoms in total. The van der Waals surface area contributed by atoms with E-state index in [9.17, 15) is 14.0 Å². The third-order valence-corrected chi connectivity index (χ3v) is 6.06. The van der Waals surface area contributed by atoms with E-state index >= 15 is 0 Å². The number of aryl methyl sites for hydroxylation is 1. The van der Waals surface area contributed by atoms with Gasteiger partial charge in [0.05, 0.1) is 7.11 Å². The highest BCUT2D eigenvalue weighted by atomic mass is 32.1. The number of hydrogen-bond donors (Lipinski definition) is 1. The SMILES string of the molecule is COc1ccnc(C(=S)N[C@@H](C)C(=O)O[C@@H](C)[C@@H](c2ccccc2)c2ccc(F)cc2C)c1OC(C)=O. The third-order valence-electron chi connectivity index (χ3n) is 5.75. The van der Waals surface area contributed by atoms with E-state index in [0.717, 1.165) is 16.7 Å². The molecule has 2 aromatic carbocycles. The Hall–Kier alpha value is -3.85. The predicted octanol–water partition coefficient (Wildman–Crippen LogP) is 4.88. The topological polar surface area (TPSA) is 86.8 Å². The summed E-state index contributed by atoms with van der Waals surface area (Å²) in [7, 11) is 1.43. The standard InChI is InChI=1S/C28H29FN2O5S/c1-16-15-21(29)11-12-22(16)24(20-9-7-6-8-10-20)18(3)35-28(33)17(2)31-27(37)25-26(36-19(4)32)23(34-5)13-14-30-25/h6-15,17-18,24H,1-5H3,(H,31,37)/t17-,18-,24-/m0/s1. The van der Waals surface area contributed by atoms with Crippen molar-refractivity contribution in [2.45, 2.75) is 45.8 Å². The van der Waals surface area contributed by atoms with Crippen LogP contribution in [0.4, 0.5) is 4.39 Å². The van der Waals surface area contributed by atoms with Gasteiger partial charge in [-0.05, 0) is 49.6 Å². The maximum absolute atomic E-state index is 13.8. The Morgan fingerprint density at radius 3 is 2.41 bits per heavy atom. The fourth-order valence-corrected chi connectivity index (χ4v) is 4.35. The fourth-order valence-electron chi connectivity index (χ4n) is 4.02. The molecule has 0 amide bonds. The van der Waals surface area contributed by atoms with Crippen LogP contribution in [0.25, 0.3) is 0 Å². The van der Waals surface area contributed by atoms with Crippen LogP contribution >= 0.6 is 12.2 Å². The summed E-state index contributed by atoms with van der Waals surface area (Å²) in [4.78, 5) is 28.9. The van der Waals surface area contributed by atoms with Crippen LogP contribution in [-0.4, -0.2) is 41.2 Å². The molecule has 3 atom stereocenters. The number of halogens is 1. The molecular formula is C28H29FN2O5S. The molecule has 3 rings (SSSR count). The van der Waals surface area contributed by atoms with Gasteiger partial charge in [-0.3, -0.25) is 4.79 Å². The quantitative estimate of drug-likeness (QED) is 0.313. The number of benzene rings is 2. The van der Waals surface area contributed by atoms with Gasteiger partial charge >= 0.3 is 11.9 Å². The number of esters is 2. The molecule has 194 valence electrons. The number of nitrogens with one attached hydrogen (secondary N) is 1. The van der Waals surface area contributed by atoms with Crippen molar-refractivity contribution in [1.29, 1.82) is 0 Å². The van der Waals surface area contributed by atoms with Crippen LogP contribution in [0.1, 0.15) is 49.1 Å². The van der Waals surface area contributed by atoms with Gasteiger partial charge in [0.1, 0.15) is 28.6 Å². The first-order chi connectivity index (χ1) is 17.6. The van der Waals surface area contributed by atoms with Crippen molar-refractivity contribution in [3.05, 3.63) is 89.0 Å². The Labute approximate surface area is 221 Å². The lowest BCUT2D eigenvalue weighted by atomic mass is 9.85. The van der Waals surface area contributed by atoms with Crippen molar-refractivity contribution in [2.24, 2.45) is 0 Å². The normalized spacial score (nSPS) is 13.1. The zero-order valence-corrected chi connectivity index (χ0v) is 22.1. The molecule has 0 aliphatic rings. The minimum atomic E-state index is -0.848. The highest BCUT2D eigenvalue weighted by molar-refractivity contribution is 7.80. The molecule has 0 aliphatic heterocycles. The Morgan fingerprint density at radius 2 is 1.78 bits per heavy atom. The van der Waals surface area contributed by atoms with Gasteiger partial charge in [-0.15, -0.1) is 0 Å². The van der Waals surface area contributed by atoms with Crippen LogP contribution in [0.15, 0.2) is 60.8 Å². The first-order valence-electron chi connectivity index (χ1n) is 11.7. The zero-order chi connectivity index (χ0) is 27.1. The Morgan fingerprint density at radius 1 is 1.08 bits per heavy atom. The Bertz CT molecular complexity index is 1280. The van der Waals surface area contributed by atoms with Gasteiger partial charge < -0.3 is 19.5 Å². The minimum Gasteiger partial charge on any atom is -0.493 e. The highest BCUT2D eigenvalue weighted by Crippen LogP contribution is 2.33. The number of nitrogens with zero attached hydrogens (tertiary/aromatic N) is 1. The molecule has 1 heterocycles. The molecule has 1 N–H and O–H groups in total. The van der Waals surface area contributed by atoms with Crippen molar-refractivity contribution in [3.8, 4) is 11.5 Å². The third kappa shape index (κ3) is 6.89. The summed E-state index contributed by atoms with van der Waals surface area (Å²) in [6.45, 7) is 6.48. The molecule has 37 heavy (non-hydrogen) atoms. The number of thiocarbonyl (C=S) groups is 1. The Balaban J connectivity index is 1.80. The lowest BCUT2D eigenvalue weighted by Crippen LogP contribution is -2.41. The van der Waals surface area contributed by atoms with E-state index in [2.05, 4.69) is 10.3 Å². The molecular weight excluding hydrogens is 495 g/mol. The van der Waals surface area contributed by atoms with Gasteiger partial charge in [0.15, 0.2) is 5.75 Å². The maximum atomic E-state index is 13.8. The van der Waals surface area contributed by atoms with Crippen molar-refractivity contribution >= 4 is 29.1 Å². The molecule has 3 aromatic rings. The molecule has 0 unspecified atom stereocenters. The lowest BCUT2D eigenvalue weighted by Gasteiger charge is -2.28. The number of carbonyl (C=O) groups excluding carboxylic acids is 2. The molecule has 9 heteroatoms. The van der Waals surface area contributed by atoms with E-state index in [1.807, 2.05) is 37.3 Å². The van der Waals surface area contributed by atoms with Crippen molar-refractivity contribution in [1.82, 2.24) is 10.3 Å². The second kappa shape index (κ2) is 12.4. The zero-order valence-electron chi connectivity index (χ0n) is 21.3. The van der Waals surface area contributed by atoms with Crippen molar-refractivity contribution in [2.75, 3.05) is 7.11 Å².